The fourth-order valence-electron chi connectivity index (χ4n) is 11.1. The van der Waals surface area contributed by atoms with E-state index in [-0.39, 0.29) is 7.43 Å². The largest absolute Gasteiger partial charge is 0.339 e. The van der Waals surface area contributed by atoms with E-state index in [2.05, 4.69) is 154 Å². The van der Waals surface area contributed by atoms with Crippen molar-refractivity contribution in [3.8, 4) is 0 Å². The minimum atomic E-state index is 0. The molecule has 0 bridgehead atoms. The summed E-state index contributed by atoms with van der Waals surface area (Å²) in [5.74, 6) is 0. The Labute approximate surface area is 351 Å². The van der Waals surface area contributed by atoms with Crippen molar-refractivity contribution in [2.75, 3.05) is 19.6 Å². The van der Waals surface area contributed by atoms with Crippen molar-refractivity contribution in [2.24, 2.45) is 0 Å². The molecule has 314 valence electrons. The summed E-state index contributed by atoms with van der Waals surface area (Å²) >= 11 is 0. The molecule has 6 nitrogen and oxygen atoms in total. The lowest BCUT2D eigenvalue weighted by Gasteiger charge is -2.26. The standard InChI is InChI=1S/3C17H24N2.CH4/c3*1-9-7-18-8-15-14(6)16-12(4)10(2)11(3)13(5)17(16)19(9)15;/h3*9,18H,7-8H2,1-6H3;1H4/t2*9-;;/m10../s1. The number of hydrogen-bond acceptors (Lipinski definition) is 3. The summed E-state index contributed by atoms with van der Waals surface area (Å²) in [7, 11) is 0. The smallest absolute Gasteiger partial charge is 0.0523 e. The maximum absolute atomic E-state index is 3.54. The number of benzene rings is 3. The Balaban J connectivity index is 0.000000145. The molecule has 6 heterocycles. The zero-order valence-corrected chi connectivity index (χ0v) is 38.8. The predicted molar refractivity (Wildman–Crippen MR) is 253 cm³/mol. The van der Waals surface area contributed by atoms with Gasteiger partial charge in [0.15, 0.2) is 0 Å². The molecule has 0 amide bonds. The first kappa shape index (κ1) is 43.7. The van der Waals surface area contributed by atoms with Crippen molar-refractivity contribution in [1.29, 1.82) is 0 Å². The van der Waals surface area contributed by atoms with Gasteiger partial charge in [0.05, 0.1) is 16.6 Å². The molecule has 0 fully saturated rings. The van der Waals surface area contributed by atoms with Gasteiger partial charge in [-0.05, 0) is 208 Å². The van der Waals surface area contributed by atoms with E-state index in [1.807, 2.05) is 0 Å². The maximum Gasteiger partial charge on any atom is 0.0523 e. The number of aryl methyl sites for hydroxylation is 9. The summed E-state index contributed by atoms with van der Waals surface area (Å²) < 4.78 is 7.74. The van der Waals surface area contributed by atoms with Crippen LogP contribution in [0.3, 0.4) is 0 Å². The van der Waals surface area contributed by atoms with Crippen molar-refractivity contribution in [2.45, 2.75) is 170 Å². The Morgan fingerprint density at radius 2 is 0.517 bits per heavy atom. The minimum Gasteiger partial charge on any atom is -0.339 e. The van der Waals surface area contributed by atoms with Crippen LogP contribution in [0.25, 0.3) is 32.7 Å². The highest BCUT2D eigenvalue weighted by Crippen LogP contribution is 2.41. The Morgan fingerprint density at radius 3 is 0.741 bits per heavy atom. The van der Waals surface area contributed by atoms with Crippen molar-refractivity contribution < 1.29 is 0 Å². The predicted octanol–water partition coefficient (Wildman–Crippen LogP) is 12.2. The monoisotopic (exact) mass is 785 g/mol. The first-order valence-corrected chi connectivity index (χ1v) is 21.8. The molecule has 3 aromatic heterocycles. The minimum absolute atomic E-state index is 0. The van der Waals surface area contributed by atoms with Crippen LogP contribution in [0, 0.1) is 104 Å². The number of nitrogens with zero attached hydrogens (tertiary/aromatic N) is 3. The summed E-state index contributed by atoms with van der Waals surface area (Å²) in [6.07, 6.45) is 0. The van der Waals surface area contributed by atoms with Gasteiger partial charge in [-0.3, -0.25) is 0 Å². The molecular formula is C52H76N6. The molecule has 3 N–H and O–H groups in total. The first-order chi connectivity index (χ1) is 26.8. The summed E-state index contributed by atoms with van der Waals surface area (Å²) in [6, 6.07) is 1.63. The van der Waals surface area contributed by atoms with Crippen LogP contribution in [0.2, 0.25) is 0 Å². The second-order valence-electron chi connectivity index (χ2n) is 18.4. The van der Waals surface area contributed by atoms with Crippen LogP contribution in [0.5, 0.6) is 0 Å². The molecule has 0 radical (unpaired) electrons. The van der Waals surface area contributed by atoms with E-state index in [1.54, 1.807) is 0 Å². The van der Waals surface area contributed by atoms with Gasteiger partial charge in [0.1, 0.15) is 0 Å². The van der Waals surface area contributed by atoms with Crippen molar-refractivity contribution in [3.63, 3.8) is 0 Å². The van der Waals surface area contributed by atoms with Crippen LogP contribution in [-0.2, 0) is 19.6 Å². The SMILES string of the molecule is C.Cc1c(C)c(C)c2c(c1C)c(C)c1n2C(C)CNC1.Cc1c(C)c(C)c2c(c1C)c(C)c1n2[C@@H](C)CNC1.Cc1c(C)c(C)c2c(c1C)c(C)c1n2[C@H](C)CNC1. The van der Waals surface area contributed by atoms with E-state index in [1.165, 1.54) is 133 Å². The van der Waals surface area contributed by atoms with Crippen LogP contribution in [-0.4, -0.2) is 33.3 Å². The zero-order valence-electron chi connectivity index (χ0n) is 38.8. The number of nitrogens with one attached hydrogen (secondary N) is 3. The van der Waals surface area contributed by atoms with Gasteiger partial charge in [0.2, 0.25) is 0 Å². The molecule has 0 saturated heterocycles. The second kappa shape index (κ2) is 16.0. The lowest BCUT2D eigenvalue weighted by molar-refractivity contribution is 0.437. The van der Waals surface area contributed by atoms with Gasteiger partial charge in [-0.25, -0.2) is 0 Å². The second-order valence-corrected chi connectivity index (χ2v) is 18.4. The van der Waals surface area contributed by atoms with E-state index < -0.39 is 0 Å². The molecule has 0 aliphatic carbocycles. The van der Waals surface area contributed by atoms with Crippen molar-refractivity contribution in [3.05, 3.63) is 101 Å². The average molecular weight is 785 g/mol. The Hall–Kier alpha value is -3.84. The highest BCUT2D eigenvalue weighted by Gasteiger charge is 2.28. The number of aromatic nitrogens is 3. The van der Waals surface area contributed by atoms with E-state index >= 15 is 0 Å². The molecule has 3 aromatic carbocycles. The molecule has 3 atom stereocenters. The summed E-state index contributed by atoms with van der Waals surface area (Å²) in [6.45, 7) is 47.3. The third-order valence-electron chi connectivity index (χ3n) is 15.5. The Bertz CT molecular complexity index is 2320. The van der Waals surface area contributed by atoms with E-state index in [0.717, 1.165) is 39.3 Å². The highest BCUT2D eigenvalue weighted by atomic mass is 15.1. The van der Waals surface area contributed by atoms with E-state index in [9.17, 15) is 0 Å². The molecular weight excluding hydrogens is 709 g/mol. The quantitative estimate of drug-likeness (QED) is 0.144. The van der Waals surface area contributed by atoms with Gasteiger partial charge >= 0.3 is 0 Å². The lowest BCUT2D eigenvalue weighted by atomic mass is 9.94. The summed E-state index contributed by atoms with van der Waals surface area (Å²) in [4.78, 5) is 0. The number of fused-ring (bicyclic) bond motifs is 9. The van der Waals surface area contributed by atoms with Crippen LogP contribution in [0.4, 0.5) is 0 Å². The van der Waals surface area contributed by atoms with Gasteiger partial charge in [-0.1, -0.05) is 7.43 Å². The zero-order chi connectivity index (χ0) is 41.7. The van der Waals surface area contributed by atoms with E-state index in [0.29, 0.717) is 18.1 Å². The molecule has 9 rings (SSSR count). The third kappa shape index (κ3) is 6.39. The maximum atomic E-state index is 3.54. The molecule has 3 aliphatic heterocycles. The first-order valence-electron chi connectivity index (χ1n) is 21.8. The number of hydrogen-bond donors (Lipinski definition) is 3. The fraction of sp³-hybridized carbons (Fsp3) is 0.538. The summed E-state index contributed by atoms with van der Waals surface area (Å²) in [5.41, 5.74) is 30.8. The van der Waals surface area contributed by atoms with Crippen molar-refractivity contribution >= 4 is 32.7 Å². The van der Waals surface area contributed by atoms with E-state index in [4.69, 9.17) is 0 Å². The van der Waals surface area contributed by atoms with Crippen molar-refractivity contribution in [1.82, 2.24) is 29.7 Å². The van der Waals surface area contributed by atoms with Gasteiger partial charge in [-0.15, -0.1) is 0 Å². The van der Waals surface area contributed by atoms with Crippen LogP contribution < -0.4 is 16.0 Å². The molecule has 6 aromatic rings. The molecule has 3 aliphatic rings. The Morgan fingerprint density at radius 1 is 0.310 bits per heavy atom. The van der Waals surface area contributed by atoms with Gasteiger partial charge in [0.25, 0.3) is 0 Å². The molecule has 1 unspecified atom stereocenters. The fourth-order valence-corrected chi connectivity index (χ4v) is 11.1. The molecule has 58 heavy (non-hydrogen) atoms. The highest BCUT2D eigenvalue weighted by molar-refractivity contribution is 5.95. The molecule has 0 saturated carbocycles. The van der Waals surface area contributed by atoms with Gasteiger partial charge < -0.3 is 29.7 Å². The Kier molecular flexibility index (Phi) is 12.0. The molecule has 0 spiro atoms. The van der Waals surface area contributed by atoms with Crippen LogP contribution >= 0.6 is 0 Å². The van der Waals surface area contributed by atoms with Crippen LogP contribution in [0.1, 0.15) is 147 Å². The number of rotatable bonds is 0. The van der Waals surface area contributed by atoms with Gasteiger partial charge in [-0.2, -0.15) is 0 Å². The van der Waals surface area contributed by atoms with Crippen LogP contribution in [0.15, 0.2) is 0 Å². The summed E-state index contributed by atoms with van der Waals surface area (Å²) in [5, 5.41) is 15.1. The lowest BCUT2D eigenvalue weighted by Crippen LogP contribution is -2.31. The topological polar surface area (TPSA) is 50.9 Å². The third-order valence-corrected chi connectivity index (χ3v) is 15.5. The molecule has 6 heteroatoms. The normalized spacial score (nSPS) is 18.6. The van der Waals surface area contributed by atoms with Gasteiger partial charge in [0, 0.05) is 90.6 Å². The average Bonchev–Trinajstić information content (AvgIpc) is 3.79.